The Morgan fingerprint density at radius 3 is 3.09 bits per heavy atom. The lowest BCUT2D eigenvalue weighted by atomic mass is 9.95. The van der Waals surface area contributed by atoms with E-state index in [1.165, 1.54) is 23.3 Å². The number of aromatic nitrogens is 2. The van der Waals surface area contributed by atoms with Crippen molar-refractivity contribution in [1.82, 2.24) is 15.0 Å². The Morgan fingerprint density at radius 1 is 1.39 bits per heavy atom. The minimum Gasteiger partial charge on any atom is -0.366 e. The van der Waals surface area contributed by atoms with Crippen LogP contribution >= 0.6 is 11.3 Å². The fraction of sp³-hybridized carbons (Fsp3) is 0.562. The fourth-order valence-electron chi connectivity index (χ4n) is 3.28. The predicted molar refractivity (Wildman–Crippen MR) is 84.6 cm³/mol. The predicted octanol–water partition coefficient (Wildman–Crippen LogP) is 2.53. The average molecular weight is 333 g/mol. The topological polar surface area (TPSA) is 68.5 Å². The molecule has 23 heavy (non-hydrogen) atoms. The van der Waals surface area contributed by atoms with Crippen LogP contribution in [0.1, 0.15) is 51.5 Å². The molecule has 0 radical (unpaired) electrons. The highest BCUT2D eigenvalue weighted by molar-refractivity contribution is 7.10. The summed E-state index contributed by atoms with van der Waals surface area (Å²) in [6.45, 7) is 3.33. The van der Waals surface area contributed by atoms with E-state index >= 15 is 0 Å². The molecule has 1 saturated heterocycles. The van der Waals surface area contributed by atoms with Crippen molar-refractivity contribution >= 4 is 17.2 Å². The molecule has 1 fully saturated rings. The summed E-state index contributed by atoms with van der Waals surface area (Å²) in [4.78, 5) is 20.4. The van der Waals surface area contributed by atoms with Gasteiger partial charge in [-0.3, -0.25) is 4.79 Å². The molecule has 0 unspecified atom stereocenters. The lowest BCUT2D eigenvalue weighted by Crippen LogP contribution is -2.42. The summed E-state index contributed by atoms with van der Waals surface area (Å²) in [6.07, 6.45) is 4.24. The highest BCUT2D eigenvalue weighted by Gasteiger charge is 2.31. The van der Waals surface area contributed by atoms with Crippen LogP contribution in [0, 0.1) is 6.92 Å². The quantitative estimate of drug-likeness (QED) is 0.845. The lowest BCUT2D eigenvalue weighted by Gasteiger charge is -2.31. The van der Waals surface area contributed by atoms with E-state index in [4.69, 9.17) is 9.26 Å². The van der Waals surface area contributed by atoms with Gasteiger partial charge in [0.05, 0.1) is 18.7 Å². The van der Waals surface area contributed by atoms with Crippen molar-refractivity contribution in [2.45, 2.75) is 38.7 Å². The molecule has 2 aromatic heterocycles. The summed E-state index contributed by atoms with van der Waals surface area (Å²) in [5, 5.41) is 5.95. The van der Waals surface area contributed by atoms with Crippen LogP contribution in [0.15, 0.2) is 9.90 Å². The molecule has 0 saturated carbocycles. The highest BCUT2D eigenvalue weighted by atomic mass is 32.1. The molecule has 1 aliphatic heterocycles. The molecule has 0 bridgehead atoms. The number of hydrogen-bond acceptors (Lipinski definition) is 6. The molecule has 0 aromatic carbocycles. The highest BCUT2D eigenvalue weighted by Crippen LogP contribution is 2.31. The van der Waals surface area contributed by atoms with Crippen LogP contribution in [0.2, 0.25) is 0 Å². The Labute approximate surface area is 138 Å². The summed E-state index contributed by atoms with van der Waals surface area (Å²) >= 11 is 1.73. The number of carbonyl (C=O) groups excluding carboxylic acids is 1. The van der Waals surface area contributed by atoms with Crippen LogP contribution in [-0.4, -0.2) is 40.6 Å². The zero-order valence-corrected chi connectivity index (χ0v) is 13.9. The minimum atomic E-state index is -0.306. The van der Waals surface area contributed by atoms with Crippen molar-refractivity contribution in [3.63, 3.8) is 0 Å². The van der Waals surface area contributed by atoms with Gasteiger partial charge in [-0.25, -0.2) is 0 Å². The number of fused-ring (bicyclic) bond motifs is 1. The molecular formula is C16H19N3O3S. The van der Waals surface area contributed by atoms with Crippen LogP contribution in [0.25, 0.3) is 0 Å². The van der Waals surface area contributed by atoms with Crippen molar-refractivity contribution in [2.24, 2.45) is 0 Å². The smallest absolute Gasteiger partial charge is 0.255 e. The van der Waals surface area contributed by atoms with E-state index in [9.17, 15) is 4.79 Å². The number of aryl methyl sites for hydroxylation is 2. The van der Waals surface area contributed by atoms with E-state index in [2.05, 4.69) is 10.1 Å². The van der Waals surface area contributed by atoms with E-state index < -0.39 is 0 Å². The Morgan fingerprint density at radius 2 is 2.26 bits per heavy atom. The summed E-state index contributed by atoms with van der Waals surface area (Å²) in [5.74, 6) is 1.14. The van der Waals surface area contributed by atoms with Gasteiger partial charge >= 0.3 is 0 Å². The van der Waals surface area contributed by atoms with Crippen molar-refractivity contribution in [1.29, 1.82) is 0 Å². The van der Waals surface area contributed by atoms with Gasteiger partial charge < -0.3 is 14.2 Å². The molecule has 7 heteroatoms. The van der Waals surface area contributed by atoms with Crippen LogP contribution in [0.4, 0.5) is 0 Å². The van der Waals surface area contributed by atoms with E-state index in [1.54, 1.807) is 18.3 Å². The maximum absolute atomic E-state index is 12.9. The number of carbonyl (C=O) groups is 1. The van der Waals surface area contributed by atoms with Crippen molar-refractivity contribution in [3.8, 4) is 0 Å². The SMILES string of the molecule is Cc1nc([C@@H]2CN(C(=O)c3csc4c3CCCC4)CCO2)no1. The maximum atomic E-state index is 12.9. The molecular weight excluding hydrogens is 314 g/mol. The van der Waals surface area contributed by atoms with Gasteiger partial charge in [0.1, 0.15) is 6.10 Å². The molecule has 0 spiro atoms. The first kappa shape index (κ1) is 14.8. The summed E-state index contributed by atoms with van der Waals surface area (Å²) in [7, 11) is 0. The molecule has 1 atom stereocenters. The van der Waals surface area contributed by atoms with Crippen molar-refractivity contribution in [2.75, 3.05) is 19.7 Å². The molecule has 1 aliphatic carbocycles. The Bertz CT molecular complexity index is 724. The van der Waals surface area contributed by atoms with Gasteiger partial charge in [0.15, 0.2) is 0 Å². The molecule has 2 aliphatic rings. The second-order valence-electron chi connectivity index (χ2n) is 6.04. The average Bonchev–Trinajstić information content (AvgIpc) is 3.20. The summed E-state index contributed by atoms with van der Waals surface area (Å²) < 4.78 is 10.7. The second-order valence-corrected chi connectivity index (χ2v) is 7.00. The van der Waals surface area contributed by atoms with Gasteiger partial charge in [0.2, 0.25) is 11.7 Å². The van der Waals surface area contributed by atoms with Gasteiger partial charge in [-0.05, 0) is 31.2 Å². The molecule has 4 rings (SSSR count). The first-order valence-electron chi connectivity index (χ1n) is 8.02. The van der Waals surface area contributed by atoms with Gasteiger partial charge in [-0.1, -0.05) is 5.16 Å². The van der Waals surface area contributed by atoms with Crippen LogP contribution in [0.3, 0.4) is 0 Å². The third-order valence-electron chi connectivity index (χ3n) is 4.48. The Hall–Kier alpha value is -1.73. The number of thiophene rings is 1. The van der Waals surface area contributed by atoms with E-state index in [0.717, 1.165) is 18.4 Å². The number of hydrogen-bond donors (Lipinski definition) is 0. The fourth-order valence-corrected chi connectivity index (χ4v) is 4.40. The molecule has 6 nitrogen and oxygen atoms in total. The molecule has 122 valence electrons. The Balaban J connectivity index is 1.53. The number of amides is 1. The minimum absolute atomic E-state index is 0.109. The van der Waals surface area contributed by atoms with Gasteiger partial charge in [-0.15, -0.1) is 11.3 Å². The summed E-state index contributed by atoms with van der Waals surface area (Å²) in [5.41, 5.74) is 2.15. The van der Waals surface area contributed by atoms with E-state index in [1.807, 2.05) is 10.3 Å². The van der Waals surface area contributed by atoms with Crippen molar-refractivity contribution < 1.29 is 14.1 Å². The van der Waals surface area contributed by atoms with Crippen LogP contribution in [0.5, 0.6) is 0 Å². The van der Waals surface area contributed by atoms with Crippen LogP contribution in [-0.2, 0) is 17.6 Å². The molecule has 1 amide bonds. The standard InChI is InChI=1S/C16H19N3O3S/c1-10-17-15(18-22-10)13-8-19(6-7-21-13)16(20)12-9-23-14-5-3-2-4-11(12)14/h9,13H,2-8H2,1H3/t13-/m0/s1. The third kappa shape index (κ3) is 2.79. The lowest BCUT2D eigenvalue weighted by molar-refractivity contribution is -0.0276. The van der Waals surface area contributed by atoms with Crippen LogP contribution < -0.4 is 0 Å². The van der Waals surface area contributed by atoms with E-state index in [-0.39, 0.29) is 12.0 Å². The van der Waals surface area contributed by atoms with Gasteiger partial charge in [0.25, 0.3) is 5.91 Å². The van der Waals surface area contributed by atoms with E-state index in [0.29, 0.717) is 31.4 Å². The zero-order valence-electron chi connectivity index (χ0n) is 13.1. The first-order chi connectivity index (χ1) is 11.2. The Kier molecular flexibility index (Phi) is 3.90. The third-order valence-corrected chi connectivity index (χ3v) is 5.57. The second kappa shape index (κ2) is 6.05. The van der Waals surface area contributed by atoms with Gasteiger partial charge in [-0.2, -0.15) is 4.98 Å². The molecule has 0 N–H and O–H groups in total. The molecule has 2 aromatic rings. The monoisotopic (exact) mass is 333 g/mol. The largest absolute Gasteiger partial charge is 0.366 e. The number of morpholine rings is 1. The van der Waals surface area contributed by atoms with Gasteiger partial charge in [0, 0.05) is 23.7 Å². The maximum Gasteiger partial charge on any atom is 0.255 e. The van der Waals surface area contributed by atoms with Crippen molar-refractivity contribution in [3.05, 3.63) is 33.1 Å². The first-order valence-corrected chi connectivity index (χ1v) is 8.90. The normalized spacial score (nSPS) is 21.3. The number of rotatable bonds is 2. The zero-order chi connectivity index (χ0) is 15.8. The number of nitrogens with zero attached hydrogens (tertiary/aromatic N) is 3. The summed E-state index contributed by atoms with van der Waals surface area (Å²) in [6, 6.07) is 0. The number of ether oxygens (including phenoxy) is 1. The molecule has 3 heterocycles.